The molecule has 34 heavy (non-hydrogen) atoms. The van der Waals surface area contributed by atoms with Gasteiger partial charge in [0, 0.05) is 6.54 Å². The summed E-state index contributed by atoms with van der Waals surface area (Å²) in [6.07, 6.45) is 2.00. The van der Waals surface area contributed by atoms with E-state index in [4.69, 9.17) is 14.1 Å². The van der Waals surface area contributed by atoms with Crippen LogP contribution in [0.5, 0.6) is 5.75 Å². The lowest BCUT2D eigenvalue weighted by Gasteiger charge is -2.12. The van der Waals surface area contributed by atoms with Crippen LogP contribution in [-0.2, 0) is 16.4 Å². The number of hydrogen-bond acceptors (Lipinski definition) is 7. The van der Waals surface area contributed by atoms with Crippen molar-refractivity contribution in [2.24, 2.45) is 0 Å². The molecule has 1 atom stereocenters. The zero-order valence-corrected chi connectivity index (χ0v) is 19.6. The number of nitrogens with one attached hydrogen (secondary N) is 1. The van der Waals surface area contributed by atoms with Gasteiger partial charge in [-0.1, -0.05) is 12.1 Å². The first-order chi connectivity index (χ1) is 16.3. The Morgan fingerprint density at radius 1 is 1.26 bits per heavy atom. The number of rotatable bonds is 6. The Bertz CT molecular complexity index is 1470. The summed E-state index contributed by atoms with van der Waals surface area (Å²) < 4.78 is 36.6. The second-order valence-corrected chi connectivity index (χ2v) is 10.6. The second kappa shape index (κ2) is 8.60. The summed E-state index contributed by atoms with van der Waals surface area (Å²) in [5.41, 5.74) is 2.87. The quantitative estimate of drug-likeness (QED) is 0.450. The van der Waals surface area contributed by atoms with Crippen molar-refractivity contribution in [3.8, 4) is 17.2 Å². The number of ether oxygens (including phenoxy) is 1. The van der Waals surface area contributed by atoms with Crippen molar-refractivity contribution in [3.63, 3.8) is 0 Å². The van der Waals surface area contributed by atoms with E-state index in [0.717, 1.165) is 5.56 Å². The van der Waals surface area contributed by atoms with Crippen molar-refractivity contribution >= 4 is 26.8 Å². The van der Waals surface area contributed by atoms with E-state index in [1.165, 1.54) is 6.26 Å². The monoisotopic (exact) mass is 480 g/mol. The molecule has 1 saturated heterocycles. The number of carbonyl (C=O) groups excluding carboxylic acids is 1. The Balaban J connectivity index is 1.56. The lowest BCUT2D eigenvalue weighted by molar-refractivity contribution is 0.0952. The number of pyridine rings is 1. The molecule has 9 nitrogen and oxygen atoms in total. The lowest BCUT2D eigenvalue weighted by Crippen LogP contribution is -2.23. The number of nitrogens with zero attached hydrogens (tertiary/aromatic N) is 3. The van der Waals surface area contributed by atoms with Gasteiger partial charge in [-0.2, -0.15) is 5.10 Å². The minimum atomic E-state index is -3.12. The van der Waals surface area contributed by atoms with Gasteiger partial charge in [-0.25, -0.2) is 18.1 Å². The summed E-state index contributed by atoms with van der Waals surface area (Å²) in [5, 5.41) is 8.17. The molecule has 10 heteroatoms. The molecular formula is C24H24N4O5S. The van der Waals surface area contributed by atoms with Gasteiger partial charge in [0.2, 0.25) is 0 Å². The minimum Gasteiger partial charge on any atom is -0.497 e. The predicted molar refractivity (Wildman–Crippen MR) is 126 cm³/mol. The second-order valence-electron chi connectivity index (χ2n) is 8.35. The third-order valence-corrected chi connectivity index (χ3v) is 7.75. The predicted octanol–water partition coefficient (Wildman–Crippen LogP) is 3.30. The average Bonchev–Trinajstić information content (AvgIpc) is 3.56. The molecule has 176 valence electrons. The topological polar surface area (TPSA) is 116 Å². The smallest absolute Gasteiger partial charge is 0.252 e. The molecule has 1 fully saturated rings. The Kier molecular flexibility index (Phi) is 5.60. The number of aryl methyl sites for hydroxylation is 1. The zero-order chi connectivity index (χ0) is 23.9. The highest BCUT2D eigenvalue weighted by molar-refractivity contribution is 7.91. The van der Waals surface area contributed by atoms with Gasteiger partial charge in [0.1, 0.15) is 11.4 Å². The van der Waals surface area contributed by atoms with E-state index in [0.29, 0.717) is 52.5 Å². The number of sulfone groups is 1. The number of aromatic nitrogens is 3. The molecule has 0 aliphatic carbocycles. The highest BCUT2D eigenvalue weighted by atomic mass is 32.2. The van der Waals surface area contributed by atoms with E-state index in [1.54, 1.807) is 36.9 Å². The van der Waals surface area contributed by atoms with E-state index in [1.807, 2.05) is 24.3 Å². The summed E-state index contributed by atoms with van der Waals surface area (Å²) in [6, 6.07) is 12.3. The summed E-state index contributed by atoms with van der Waals surface area (Å²) in [7, 11) is -1.53. The molecule has 1 amide bonds. The van der Waals surface area contributed by atoms with E-state index in [-0.39, 0.29) is 23.5 Å². The Hall–Kier alpha value is -3.66. The lowest BCUT2D eigenvalue weighted by atomic mass is 10.1. The van der Waals surface area contributed by atoms with Crippen LogP contribution in [0, 0.1) is 6.92 Å². The van der Waals surface area contributed by atoms with Crippen LogP contribution < -0.4 is 10.1 Å². The molecule has 1 aliphatic rings. The molecule has 1 aliphatic heterocycles. The fourth-order valence-electron chi connectivity index (χ4n) is 4.33. The standard InChI is InChI=1S/C24H24N4O5S/c1-15-22-19(24(29)25-13-16-5-3-6-18(11-16)32-2)12-20(21-7-4-9-33-21)26-23(22)28(27-15)17-8-10-34(30,31)14-17/h3-7,9,11-12,17H,8,10,13-14H2,1-2H3,(H,25,29). The average molecular weight is 481 g/mol. The molecule has 0 radical (unpaired) electrons. The maximum atomic E-state index is 13.4. The largest absolute Gasteiger partial charge is 0.497 e. The van der Waals surface area contributed by atoms with Crippen LogP contribution >= 0.6 is 0 Å². The van der Waals surface area contributed by atoms with Crippen LogP contribution in [0.15, 0.2) is 53.1 Å². The SMILES string of the molecule is COc1cccc(CNC(=O)c2cc(-c3ccco3)nc3c2c(C)nn3C2CCS(=O)(=O)C2)c1. The normalized spacial score (nSPS) is 17.2. The van der Waals surface area contributed by atoms with Crippen LogP contribution in [0.2, 0.25) is 0 Å². The number of furan rings is 1. The Labute approximate surface area is 196 Å². The van der Waals surface area contributed by atoms with Crippen molar-refractivity contribution in [1.29, 1.82) is 0 Å². The molecule has 1 aromatic carbocycles. The number of fused-ring (bicyclic) bond motifs is 1. The fraction of sp³-hybridized carbons (Fsp3) is 0.292. The van der Waals surface area contributed by atoms with Crippen molar-refractivity contribution < 1.29 is 22.4 Å². The number of benzene rings is 1. The molecule has 3 aromatic heterocycles. The summed E-state index contributed by atoms with van der Waals surface area (Å²) in [4.78, 5) is 18.1. The first-order valence-corrected chi connectivity index (χ1v) is 12.7. The molecule has 0 bridgehead atoms. The van der Waals surface area contributed by atoms with E-state index >= 15 is 0 Å². The van der Waals surface area contributed by atoms with Gasteiger partial charge in [0.15, 0.2) is 21.2 Å². The molecule has 0 spiro atoms. The molecule has 4 heterocycles. The first kappa shape index (κ1) is 22.1. The maximum Gasteiger partial charge on any atom is 0.252 e. The van der Waals surface area contributed by atoms with Gasteiger partial charge >= 0.3 is 0 Å². The molecule has 1 unspecified atom stereocenters. The summed E-state index contributed by atoms with van der Waals surface area (Å²) >= 11 is 0. The van der Waals surface area contributed by atoms with Crippen LogP contribution in [0.4, 0.5) is 0 Å². The van der Waals surface area contributed by atoms with E-state index < -0.39 is 9.84 Å². The highest BCUT2D eigenvalue weighted by Gasteiger charge is 2.32. The third kappa shape index (κ3) is 4.16. The fourth-order valence-corrected chi connectivity index (χ4v) is 6.02. The summed E-state index contributed by atoms with van der Waals surface area (Å²) in [6.45, 7) is 2.11. The van der Waals surface area contributed by atoms with Crippen LogP contribution in [0.1, 0.15) is 34.1 Å². The zero-order valence-electron chi connectivity index (χ0n) is 18.8. The molecule has 4 aromatic rings. The van der Waals surface area contributed by atoms with Gasteiger partial charge in [0.05, 0.1) is 47.6 Å². The third-order valence-electron chi connectivity index (χ3n) is 6.00. The van der Waals surface area contributed by atoms with Crippen molar-refractivity contribution in [3.05, 3.63) is 65.5 Å². The maximum absolute atomic E-state index is 13.4. The van der Waals surface area contributed by atoms with Crippen LogP contribution in [-0.4, -0.2) is 47.7 Å². The number of hydrogen-bond donors (Lipinski definition) is 1. The highest BCUT2D eigenvalue weighted by Crippen LogP contribution is 2.32. The molecule has 5 rings (SSSR count). The van der Waals surface area contributed by atoms with E-state index in [9.17, 15) is 13.2 Å². The van der Waals surface area contributed by atoms with Gasteiger partial charge in [0.25, 0.3) is 5.91 Å². The first-order valence-electron chi connectivity index (χ1n) is 10.9. The molecule has 0 saturated carbocycles. The van der Waals surface area contributed by atoms with Crippen molar-refractivity contribution in [2.75, 3.05) is 18.6 Å². The van der Waals surface area contributed by atoms with Crippen molar-refractivity contribution in [1.82, 2.24) is 20.1 Å². The number of amides is 1. The number of methoxy groups -OCH3 is 1. The Morgan fingerprint density at radius 3 is 2.82 bits per heavy atom. The van der Waals surface area contributed by atoms with Gasteiger partial charge in [-0.05, 0) is 49.2 Å². The van der Waals surface area contributed by atoms with Gasteiger partial charge in [-0.3, -0.25) is 4.79 Å². The number of carbonyl (C=O) groups is 1. The van der Waals surface area contributed by atoms with Crippen molar-refractivity contribution in [2.45, 2.75) is 25.9 Å². The van der Waals surface area contributed by atoms with Crippen LogP contribution in [0.3, 0.4) is 0 Å². The summed E-state index contributed by atoms with van der Waals surface area (Å²) in [5.74, 6) is 1.05. The molecule has 1 N–H and O–H groups in total. The van der Waals surface area contributed by atoms with Gasteiger partial charge < -0.3 is 14.5 Å². The van der Waals surface area contributed by atoms with Gasteiger partial charge in [-0.15, -0.1) is 0 Å². The van der Waals surface area contributed by atoms with Crippen LogP contribution in [0.25, 0.3) is 22.5 Å². The molecular weight excluding hydrogens is 456 g/mol. The van der Waals surface area contributed by atoms with E-state index in [2.05, 4.69) is 10.4 Å². The Morgan fingerprint density at radius 2 is 2.12 bits per heavy atom. The minimum absolute atomic E-state index is 0.00719.